The van der Waals surface area contributed by atoms with Gasteiger partial charge in [0.05, 0.1) is 0 Å². The number of nitrogens with zero attached hydrogens (tertiary/aromatic N) is 1. The first-order valence-corrected chi connectivity index (χ1v) is 9.01. The molecule has 3 heteroatoms. The molecule has 0 amide bonds. The Kier molecular flexibility index (Phi) is 6.32. The minimum Gasteiger partial charge on any atom is -0.380 e. The SMILES string of the molecule is Cl.c1ccc(CN2C[C@@H](Nc3ccccc3)[C@H](c3ccccc3)C2)cc1. The van der Waals surface area contributed by atoms with E-state index in [4.69, 9.17) is 0 Å². The zero-order valence-electron chi connectivity index (χ0n) is 14.8. The smallest absolute Gasteiger partial charge is 0.0469 e. The third kappa shape index (κ3) is 4.46. The minimum absolute atomic E-state index is 0. The van der Waals surface area contributed by atoms with Crippen molar-refractivity contribution in [2.45, 2.75) is 18.5 Å². The van der Waals surface area contributed by atoms with Crippen LogP contribution in [0.3, 0.4) is 0 Å². The van der Waals surface area contributed by atoms with Gasteiger partial charge in [-0.3, -0.25) is 4.90 Å². The highest BCUT2D eigenvalue weighted by molar-refractivity contribution is 5.85. The maximum atomic E-state index is 3.76. The van der Waals surface area contributed by atoms with Gasteiger partial charge in [0.1, 0.15) is 0 Å². The first-order valence-electron chi connectivity index (χ1n) is 9.01. The molecule has 0 unspecified atom stereocenters. The van der Waals surface area contributed by atoms with Crippen molar-refractivity contribution in [1.29, 1.82) is 0 Å². The fourth-order valence-corrected chi connectivity index (χ4v) is 3.79. The third-order valence-corrected chi connectivity index (χ3v) is 5.00. The molecule has 0 bridgehead atoms. The van der Waals surface area contributed by atoms with Crippen molar-refractivity contribution in [3.8, 4) is 0 Å². The molecule has 2 nitrogen and oxygen atoms in total. The van der Waals surface area contributed by atoms with Crippen LogP contribution in [0, 0.1) is 0 Å². The zero-order valence-corrected chi connectivity index (χ0v) is 15.6. The summed E-state index contributed by atoms with van der Waals surface area (Å²) in [5.41, 5.74) is 4.01. The predicted molar refractivity (Wildman–Crippen MR) is 112 cm³/mol. The molecule has 0 aliphatic carbocycles. The Bertz CT molecular complexity index is 777. The second-order valence-corrected chi connectivity index (χ2v) is 6.81. The van der Waals surface area contributed by atoms with E-state index in [1.165, 1.54) is 16.8 Å². The molecule has 1 aliphatic rings. The molecule has 0 radical (unpaired) electrons. The number of rotatable bonds is 5. The lowest BCUT2D eigenvalue weighted by Crippen LogP contribution is -2.28. The molecule has 2 atom stereocenters. The van der Waals surface area contributed by atoms with Gasteiger partial charge >= 0.3 is 0 Å². The predicted octanol–water partition coefficient (Wildman–Crippen LogP) is 5.19. The molecule has 1 N–H and O–H groups in total. The summed E-state index contributed by atoms with van der Waals surface area (Å²) in [6.45, 7) is 3.16. The highest BCUT2D eigenvalue weighted by Crippen LogP contribution is 2.30. The maximum Gasteiger partial charge on any atom is 0.0469 e. The summed E-state index contributed by atoms with van der Waals surface area (Å²) in [5, 5.41) is 3.76. The molecule has 0 spiro atoms. The molecule has 3 aromatic carbocycles. The standard InChI is InChI=1S/C23H24N2.ClH/c1-4-10-19(11-5-1)16-25-17-22(20-12-6-2-7-13-20)23(18-25)24-21-14-8-3-9-15-21;/h1-15,22-24H,16-18H2;1H/t22-,23+;/m0./s1. The van der Waals surface area contributed by atoms with Crippen LogP contribution in [0.4, 0.5) is 5.69 Å². The van der Waals surface area contributed by atoms with Crippen LogP contribution < -0.4 is 5.32 Å². The van der Waals surface area contributed by atoms with E-state index in [1.54, 1.807) is 0 Å². The lowest BCUT2D eigenvalue weighted by Gasteiger charge is -2.21. The first kappa shape index (κ1) is 18.5. The Morgan fingerprint density at radius 2 is 1.31 bits per heavy atom. The second-order valence-electron chi connectivity index (χ2n) is 6.81. The van der Waals surface area contributed by atoms with E-state index in [9.17, 15) is 0 Å². The van der Waals surface area contributed by atoms with Gasteiger partial charge in [-0.25, -0.2) is 0 Å². The lowest BCUT2D eigenvalue weighted by molar-refractivity contribution is 0.325. The largest absolute Gasteiger partial charge is 0.380 e. The monoisotopic (exact) mass is 364 g/mol. The molecule has 1 aliphatic heterocycles. The van der Waals surface area contributed by atoms with E-state index >= 15 is 0 Å². The van der Waals surface area contributed by atoms with E-state index < -0.39 is 0 Å². The van der Waals surface area contributed by atoms with Crippen LogP contribution in [0.2, 0.25) is 0 Å². The Morgan fingerprint density at radius 1 is 0.731 bits per heavy atom. The Balaban J connectivity index is 0.00000196. The van der Waals surface area contributed by atoms with Crippen molar-refractivity contribution in [2.24, 2.45) is 0 Å². The summed E-state index contributed by atoms with van der Waals surface area (Å²) >= 11 is 0. The average Bonchev–Trinajstić information content (AvgIpc) is 3.06. The molecule has 1 heterocycles. The van der Waals surface area contributed by atoms with E-state index in [1.807, 2.05) is 0 Å². The zero-order chi connectivity index (χ0) is 16.9. The average molecular weight is 365 g/mol. The molecule has 0 aromatic heterocycles. The van der Waals surface area contributed by atoms with Crippen LogP contribution in [0.15, 0.2) is 91.0 Å². The van der Waals surface area contributed by atoms with Gasteiger partial charge in [0.25, 0.3) is 0 Å². The van der Waals surface area contributed by atoms with Crippen molar-refractivity contribution < 1.29 is 0 Å². The van der Waals surface area contributed by atoms with Gasteiger partial charge in [-0.1, -0.05) is 78.9 Å². The molecular formula is C23H25ClN2. The fraction of sp³-hybridized carbons (Fsp3) is 0.217. The molecule has 3 aromatic rings. The topological polar surface area (TPSA) is 15.3 Å². The van der Waals surface area contributed by atoms with E-state index in [0.29, 0.717) is 12.0 Å². The van der Waals surface area contributed by atoms with Gasteiger partial charge < -0.3 is 5.32 Å². The Hall–Kier alpha value is -2.29. The normalized spacial score (nSPS) is 19.7. The minimum atomic E-state index is 0. The molecule has 26 heavy (non-hydrogen) atoms. The van der Waals surface area contributed by atoms with Crippen LogP contribution >= 0.6 is 12.4 Å². The van der Waals surface area contributed by atoms with Gasteiger partial charge in [-0.05, 0) is 23.3 Å². The number of anilines is 1. The molecule has 4 rings (SSSR count). The highest BCUT2D eigenvalue weighted by Gasteiger charge is 2.33. The van der Waals surface area contributed by atoms with Crippen molar-refractivity contribution >= 4 is 18.1 Å². The molecule has 0 saturated carbocycles. The molecule has 134 valence electrons. The van der Waals surface area contributed by atoms with Gasteiger partial charge in [-0.15, -0.1) is 12.4 Å². The number of halogens is 1. The van der Waals surface area contributed by atoms with Crippen molar-refractivity contribution in [3.05, 3.63) is 102 Å². The highest BCUT2D eigenvalue weighted by atomic mass is 35.5. The number of likely N-dealkylation sites (tertiary alicyclic amines) is 1. The van der Waals surface area contributed by atoms with E-state index in [0.717, 1.165) is 19.6 Å². The maximum absolute atomic E-state index is 3.76. The molecule has 1 saturated heterocycles. The van der Waals surface area contributed by atoms with Crippen LogP contribution in [-0.2, 0) is 6.54 Å². The molecular weight excluding hydrogens is 340 g/mol. The third-order valence-electron chi connectivity index (χ3n) is 5.00. The summed E-state index contributed by atoms with van der Waals surface area (Å²) in [5.74, 6) is 0.505. The Morgan fingerprint density at radius 3 is 1.96 bits per heavy atom. The number of hydrogen-bond acceptors (Lipinski definition) is 2. The number of benzene rings is 3. The van der Waals surface area contributed by atoms with E-state index in [2.05, 4.69) is 101 Å². The van der Waals surface area contributed by atoms with Crippen molar-refractivity contribution in [1.82, 2.24) is 4.90 Å². The fourth-order valence-electron chi connectivity index (χ4n) is 3.79. The number of nitrogens with one attached hydrogen (secondary N) is 1. The van der Waals surface area contributed by atoms with Gasteiger partial charge in [0.2, 0.25) is 0 Å². The Labute approximate surface area is 162 Å². The number of hydrogen-bond donors (Lipinski definition) is 1. The first-order chi connectivity index (χ1) is 12.4. The van der Waals surface area contributed by atoms with Crippen molar-refractivity contribution in [2.75, 3.05) is 18.4 Å². The summed E-state index contributed by atoms with van der Waals surface area (Å²) in [6.07, 6.45) is 0. The summed E-state index contributed by atoms with van der Waals surface area (Å²) < 4.78 is 0. The quantitative estimate of drug-likeness (QED) is 0.670. The summed E-state index contributed by atoms with van der Waals surface area (Å²) in [4.78, 5) is 2.56. The van der Waals surface area contributed by atoms with Gasteiger partial charge in [0.15, 0.2) is 0 Å². The van der Waals surface area contributed by atoms with Crippen LogP contribution in [0.1, 0.15) is 17.0 Å². The van der Waals surface area contributed by atoms with Gasteiger partial charge in [-0.2, -0.15) is 0 Å². The molecule has 1 fully saturated rings. The lowest BCUT2D eigenvalue weighted by atomic mass is 9.94. The van der Waals surface area contributed by atoms with Crippen LogP contribution in [-0.4, -0.2) is 24.0 Å². The van der Waals surface area contributed by atoms with E-state index in [-0.39, 0.29) is 12.4 Å². The summed E-state index contributed by atoms with van der Waals surface area (Å²) in [7, 11) is 0. The second kappa shape index (κ2) is 8.88. The summed E-state index contributed by atoms with van der Waals surface area (Å²) in [6, 6.07) is 32.7. The number of para-hydroxylation sites is 1. The van der Waals surface area contributed by atoms with Gasteiger partial charge in [0, 0.05) is 37.3 Å². The van der Waals surface area contributed by atoms with Crippen LogP contribution in [0.5, 0.6) is 0 Å². The van der Waals surface area contributed by atoms with Crippen molar-refractivity contribution in [3.63, 3.8) is 0 Å². The van der Waals surface area contributed by atoms with Crippen LogP contribution in [0.25, 0.3) is 0 Å².